The second-order valence-corrected chi connectivity index (χ2v) is 9.63. The molecule has 0 aliphatic carbocycles. The third-order valence-corrected chi connectivity index (χ3v) is 6.30. The van der Waals surface area contributed by atoms with Crippen molar-refractivity contribution in [3.8, 4) is 0 Å². The zero-order valence-corrected chi connectivity index (χ0v) is 20.0. The molecule has 0 saturated heterocycles. The maximum atomic E-state index is 13.5. The van der Waals surface area contributed by atoms with Crippen LogP contribution in [-0.2, 0) is 24.3 Å². The number of rotatable bonds is 7. The smallest absolute Gasteiger partial charge is 0.257 e. The van der Waals surface area contributed by atoms with Crippen LogP contribution in [0.5, 0.6) is 0 Å². The summed E-state index contributed by atoms with van der Waals surface area (Å²) in [5.41, 5.74) is 2.59. The first kappa shape index (κ1) is 22.8. The van der Waals surface area contributed by atoms with Crippen molar-refractivity contribution in [3.05, 3.63) is 50.7 Å². The number of carbonyl (C=O) groups is 2. The van der Waals surface area contributed by atoms with E-state index in [4.69, 9.17) is 11.6 Å². The van der Waals surface area contributed by atoms with E-state index in [1.165, 1.54) is 6.92 Å². The fourth-order valence-corrected chi connectivity index (χ4v) is 4.41. The zero-order chi connectivity index (χ0) is 21.8. The van der Waals surface area contributed by atoms with Crippen molar-refractivity contribution in [2.75, 3.05) is 13.1 Å². The highest BCUT2D eigenvalue weighted by Crippen LogP contribution is 2.27. The number of carbonyl (C=O) groups excluding carboxylic acids is 2. The molecule has 2 amide bonds. The number of nitrogens with zero attached hydrogens (tertiary/aromatic N) is 3. The van der Waals surface area contributed by atoms with Crippen molar-refractivity contribution >= 4 is 39.3 Å². The molecule has 30 heavy (non-hydrogen) atoms. The van der Waals surface area contributed by atoms with Gasteiger partial charge in [-0.3, -0.25) is 14.3 Å². The average molecular weight is 496 g/mol. The van der Waals surface area contributed by atoms with Crippen molar-refractivity contribution in [3.63, 3.8) is 0 Å². The first-order valence-electron chi connectivity index (χ1n) is 10.3. The van der Waals surface area contributed by atoms with Gasteiger partial charge in [0.2, 0.25) is 5.91 Å². The normalized spacial score (nSPS) is 15.7. The van der Waals surface area contributed by atoms with E-state index in [-0.39, 0.29) is 11.8 Å². The molecule has 1 unspecified atom stereocenters. The molecule has 6 nitrogen and oxygen atoms in total. The van der Waals surface area contributed by atoms with Crippen LogP contribution in [0, 0.1) is 11.8 Å². The van der Waals surface area contributed by atoms with Gasteiger partial charge < -0.3 is 10.2 Å². The van der Waals surface area contributed by atoms with Gasteiger partial charge in [-0.1, -0.05) is 41.4 Å². The molecule has 0 spiro atoms. The van der Waals surface area contributed by atoms with Gasteiger partial charge >= 0.3 is 0 Å². The van der Waals surface area contributed by atoms with Crippen molar-refractivity contribution in [1.82, 2.24) is 20.0 Å². The summed E-state index contributed by atoms with van der Waals surface area (Å²) < 4.78 is 2.86. The van der Waals surface area contributed by atoms with E-state index in [1.54, 1.807) is 6.20 Å². The Balaban J connectivity index is 1.83. The summed E-state index contributed by atoms with van der Waals surface area (Å²) in [6.45, 7) is 8.22. The molecule has 1 atom stereocenters. The first-order valence-corrected chi connectivity index (χ1v) is 11.4. The summed E-state index contributed by atoms with van der Waals surface area (Å²) in [4.78, 5) is 26.7. The summed E-state index contributed by atoms with van der Waals surface area (Å²) in [5.74, 6) is 0.591. The Morgan fingerprint density at radius 2 is 2.17 bits per heavy atom. The molecule has 1 aliphatic rings. The Labute approximate surface area is 191 Å². The van der Waals surface area contributed by atoms with Gasteiger partial charge in [0.05, 0.1) is 17.5 Å². The molecule has 1 aliphatic heterocycles. The molecule has 2 aromatic rings. The van der Waals surface area contributed by atoms with Gasteiger partial charge in [0.15, 0.2) is 0 Å². The highest BCUT2D eigenvalue weighted by molar-refractivity contribution is 9.10. The molecule has 0 radical (unpaired) electrons. The second kappa shape index (κ2) is 9.96. The topological polar surface area (TPSA) is 67.2 Å². The van der Waals surface area contributed by atoms with Crippen LogP contribution in [0.2, 0.25) is 5.02 Å². The number of fused-ring (bicyclic) bond motifs is 1. The number of amides is 2. The lowest BCUT2D eigenvalue weighted by molar-refractivity contribution is -0.119. The average Bonchev–Trinajstić information content (AvgIpc) is 3.11. The third kappa shape index (κ3) is 5.64. The van der Waals surface area contributed by atoms with E-state index in [0.717, 1.165) is 35.1 Å². The molecular weight excluding hydrogens is 468 g/mol. The largest absolute Gasteiger partial charge is 0.356 e. The van der Waals surface area contributed by atoms with Gasteiger partial charge in [0.1, 0.15) is 0 Å². The van der Waals surface area contributed by atoms with Gasteiger partial charge in [-0.15, -0.1) is 0 Å². The fraction of sp³-hybridized carbons (Fsp3) is 0.500. The number of hydrogen-bond donors (Lipinski definition) is 1. The molecule has 0 saturated carbocycles. The maximum absolute atomic E-state index is 13.5. The summed E-state index contributed by atoms with van der Waals surface area (Å²) in [6.07, 6.45) is 3.37. The summed E-state index contributed by atoms with van der Waals surface area (Å²) in [7, 11) is 0. The predicted molar refractivity (Wildman–Crippen MR) is 121 cm³/mol. The van der Waals surface area contributed by atoms with E-state index < -0.39 is 0 Å². The molecule has 8 heteroatoms. The van der Waals surface area contributed by atoms with E-state index in [1.807, 2.05) is 27.8 Å². The van der Waals surface area contributed by atoms with Crippen LogP contribution >= 0.6 is 27.5 Å². The molecule has 162 valence electrons. The summed E-state index contributed by atoms with van der Waals surface area (Å²) in [6, 6.07) is 5.63. The number of hydrogen-bond acceptors (Lipinski definition) is 3. The predicted octanol–water partition coefficient (Wildman–Crippen LogP) is 4.30. The lowest BCUT2D eigenvalue weighted by atomic mass is 9.94. The minimum atomic E-state index is -0.0272. The van der Waals surface area contributed by atoms with Crippen LogP contribution in [0.15, 0.2) is 28.9 Å². The number of halogens is 2. The minimum Gasteiger partial charge on any atom is -0.356 e. The van der Waals surface area contributed by atoms with Crippen molar-refractivity contribution in [2.45, 2.75) is 46.7 Å². The van der Waals surface area contributed by atoms with Crippen LogP contribution in [0.1, 0.15) is 48.8 Å². The quantitative estimate of drug-likeness (QED) is 0.623. The molecule has 0 bridgehead atoms. The lowest BCUT2D eigenvalue weighted by Crippen LogP contribution is -2.36. The third-order valence-electron chi connectivity index (χ3n) is 5.29. The Hall–Kier alpha value is -1.86. The number of aryl methyl sites for hydroxylation is 1. The summed E-state index contributed by atoms with van der Waals surface area (Å²) in [5, 5.41) is 8.00. The van der Waals surface area contributed by atoms with E-state index in [2.05, 4.69) is 40.2 Å². The minimum absolute atomic E-state index is 0.0167. The van der Waals surface area contributed by atoms with Crippen LogP contribution in [0.3, 0.4) is 0 Å². The standard InChI is InChI=1S/C22H28BrClN4O2/c1-14(2)12-27(13-17-9-18(24)4-5-20(17)23)22(30)19-11-26-28-7-6-16(8-21(19)28)10-25-15(3)29/h4-5,9,11,14,16H,6-8,10,12-13H2,1-3H3,(H,25,29). The van der Waals surface area contributed by atoms with Gasteiger partial charge in [0.25, 0.3) is 5.91 Å². The van der Waals surface area contributed by atoms with Crippen LogP contribution < -0.4 is 5.32 Å². The monoisotopic (exact) mass is 494 g/mol. The van der Waals surface area contributed by atoms with Crippen molar-refractivity contribution in [2.24, 2.45) is 11.8 Å². The van der Waals surface area contributed by atoms with Crippen molar-refractivity contribution in [1.29, 1.82) is 0 Å². The lowest BCUT2D eigenvalue weighted by Gasteiger charge is -2.27. The Bertz CT molecular complexity index is 928. The van der Waals surface area contributed by atoms with Gasteiger partial charge in [0, 0.05) is 42.6 Å². The molecule has 0 fully saturated rings. The van der Waals surface area contributed by atoms with Crippen molar-refractivity contribution < 1.29 is 9.59 Å². The van der Waals surface area contributed by atoms with E-state index in [9.17, 15) is 9.59 Å². The SMILES string of the molecule is CC(=O)NCC1CCn2ncc(C(=O)N(Cc3cc(Cl)ccc3Br)CC(C)C)c2C1. The molecule has 1 aromatic carbocycles. The van der Waals surface area contributed by atoms with Gasteiger partial charge in [-0.05, 0) is 48.4 Å². The Kier molecular flexibility index (Phi) is 7.58. The highest BCUT2D eigenvalue weighted by atomic mass is 79.9. The number of aromatic nitrogens is 2. The van der Waals surface area contributed by atoms with E-state index >= 15 is 0 Å². The highest BCUT2D eigenvalue weighted by Gasteiger charge is 2.28. The first-order chi connectivity index (χ1) is 14.2. The Morgan fingerprint density at radius 1 is 1.40 bits per heavy atom. The molecule has 3 rings (SSSR count). The molecule has 1 aromatic heterocycles. The summed E-state index contributed by atoms with van der Waals surface area (Å²) >= 11 is 9.75. The second-order valence-electron chi connectivity index (χ2n) is 8.34. The molecule has 1 N–H and O–H groups in total. The molecule has 2 heterocycles. The van der Waals surface area contributed by atoms with Crippen LogP contribution in [0.4, 0.5) is 0 Å². The molecular formula is C22H28BrClN4O2. The fourth-order valence-electron chi connectivity index (χ4n) is 3.84. The zero-order valence-electron chi connectivity index (χ0n) is 17.6. The van der Waals surface area contributed by atoms with Crippen LogP contribution in [0.25, 0.3) is 0 Å². The van der Waals surface area contributed by atoms with Crippen LogP contribution in [-0.4, -0.2) is 39.6 Å². The van der Waals surface area contributed by atoms with Gasteiger partial charge in [-0.2, -0.15) is 5.10 Å². The van der Waals surface area contributed by atoms with E-state index in [0.29, 0.717) is 42.1 Å². The Morgan fingerprint density at radius 3 is 2.87 bits per heavy atom. The maximum Gasteiger partial charge on any atom is 0.257 e. The van der Waals surface area contributed by atoms with Gasteiger partial charge in [-0.25, -0.2) is 0 Å². The number of nitrogens with one attached hydrogen (secondary N) is 1. The number of benzene rings is 1.